The Bertz CT molecular complexity index is 931. The minimum absolute atomic E-state index is 0.262. The predicted molar refractivity (Wildman–Crippen MR) is 106 cm³/mol. The van der Waals surface area contributed by atoms with Crippen LogP contribution in [-0.2, 0) is 26.0 Å². The van der Waals surface area contributed by atoms with Crippen molar-refractivity contribution in [1.29, 1.82) is 0 Å². The molecule has 10 heteroatoms. The smallest absolute Gasteiger partial charge is 0.338 e. The molecule has 28 heavy (non-hydrogen) atoms. The van der Waals surface area contributed by atoms with E-state index in [0.29, 0.717) is 17.3 Å². The number of hydrogen-bond donors (Lipinski definition) is 2. The van der Waals surface area contributed by atoms with Crippen LogP contribution >= 0.6 is 11.6 Å². The van der Waals surface area contributed by atoms with E-state index in [0.717, 1.165) is 11.8 Å². The molecule has 0 saturated heterocycles. The maximum Gasteiger partial charge on any atom is 0.338 e. The molecule has 0 bridgehead atoms. The van der Waals surface area contributed by atoms with Gasteiger partial charge in [-0.2, -0.15) is 0 Å². The highest BCUT2D eigenvalue weighted by Gasteiger charge is 2.19. The number of nitrogens with one attached hydrogen (secondary N) is 2. The van der Waals surface area contributed by atoms with Gasteiger partial charge in [-0.05, 0) is 43.2 Å². The number of ether oxygens (including phenoxy) is 1. The molecule has 1 atom stereocenters. The van der Waals surface area contributed by atoms with Gasteiger partial charge in [0.05, 0.1) is 16.8 Å². The van der Waals surface area contributed by atoms with E-state index in [1.807, 2.05) is 0 Å². The number of rotatable bonds is 8. The summed E-state index contributed by atoms with van der Waals surface area (Å²) in [6.07, 6.45) is 1.94. The topological polar surface area (TPSA) is 114 Å². The molecule has 0 unspecified atom stereocenters. The summed E-state index contributed by atoms with van der Waals surface area (Å²) in [7, 11) is -3.24. The zero-order valence-electron chi connectivity index (χ0n) is 15.3. The summed E-state index contributed by atoms with van der Waals surface area (Å²) in [6, 6.07) is 9.62. The molecule has 8 nitrogen and oxygen atoms in total. The average molecular weight is 426 g/mol. The van der Waals surface area contributed by atoms with Gasteiger partial charge in [0.15, 0.2) is 6.10 Å². The van der Waals surface area contributed by atoms with Gasteiger partial charge in [0.1, 0.15) is 5.82 Å². The molecule has 2 rings (SSSR count). The van der Waals surface area contributed by atoms with Crippen molar-refractivity contribution in [2.75, 3.05) is 18.1 Å². The van der Waals surface area contributed by atoms with Gasteiger partial charge >= 0.3 is 5.97 Å². The van der Waals surface area contributed by atoms with Crippen molar-refractivity contribution in [3.63, 3.8) is 0 Å². The zero-order valence-corrected chi connectivity index (χ0v) is 16.9. The van der Waals surface area contributed by atoms with Gasteiger partial charge in [-0.15, -0.1) is 0 Å². The van der Waals surface area contributed by atoms with E-state index in [1.54, 1.807) is 30.3 Å². The highest BCUT2D eigenvalue weighted by Crippen LogP contribution is 2.11. The fraction of sp³-hybridized carbons (Fsp3) is 0.278. The number of amides is 1. The van der Waals surface area contributed by atoms with E-state index in [2.05, 4.69) is 15.0 Å². The van der Waals surface area contributed by atoms with Crippen molar-refractivity contribution in [2.45, 2.75) is 19.4 Å². The summed E-state index contributed by atoms with van der Waals surface area (Å²) in [5, 5.41) is 2.97. The van der Waals surface area contributed by atoms with E-state index in [-0.39, 0.29) is 12.1 Å². The molecule has 0 spiro atoms. The number of sulfonamides is 1. The van der Waals surface area contributed by atoms with Crippen molar-refractivity contribution in [3.8, 4) is 0 Å². The van der Waals surface area contributed by atoms with Crippen molar-refractivity contribution < 1.29 is 22.7 Å². The second-order valence-corrected chi connectivity index (χ2v) is 8.28. The Hall–Kier alpha value is -2.49. The summed E-state index contributed by atoms with van der Waals surface area (Å²) in [4.78, 5) is 28.2. The number of pyridine rings is 1. The number of esters is 1. The Labute approximate surface area is 168 Å². The van der Waals surface area contributed by atoms with Crippen molar-refractivity contribution in [2.24, 2.45) is 0 Å². The first-order valence-electron chi connectivity index (χ1n) is 8.31. The largest absolute Gasteiger partial charge is 0.449 e. The monoisotopic (exact) mass is 425 g/mol. The molecule has 0 saturated carbocycles. The van der Waals surface area contributed by atoms with E-state index >= 15 is 0 Å². The second kappa shape index (κ2) is 9.63. The highest BCUT2D eigenvalue weighted by atomic mass is 35.5. The van der Waals surface area contributed by atoms with Crippen LogP contribution in [0.2, 0.25) is 5.02 Å². The maximum atomic E-state index is 12.2. The third kappa shape index (κ3) is 7.26. The standard InChI is InChI=1S/C18H20ClN3O5S/c1-12(17(23)22-16-8-7-15(19)11-20-16)27-18(24)14-5-3-13(4-6-14)9-10-21-28(2,25)26/h3-8,11-12,21H,9-10H2,1-2H3,(H,20,22,23)/t12-/m1/s1. The average Bonchev–Trinajstić information content (AvgIpc) is 2.63. The van der Waals surface area contributed by atoms with E-state index in [4.69, 9.17) is 16.3 Å². The quantitative estimate of drug-likeness (QED) is 0.625. The molecule has 2 aromatic rings. The number of nitrogens with zero attached hydrogens (tertiary/aromatic N) is 1. The SMILES string of the molecule is C[C@@H](OC(=O)c1ccc(CCNS(C)(=O)=O)cc1)C(=O)Nc1ccc(Cl)cn1. The van der Waals surface area contributed by atoms with Gasteiger partial charge in [-0.3, -0.25) is 4.79 Å². The molecular weight excluding hydrogens is 406 g/mol. The Kier molecular flexibility index (Phi) is 7.50. The summed E-state index contributed by atoms with van der Waals surface area (Å²) in [6.45, 7) is 1.72. The predicted octanol–water partition coefficient (Wildman–Crippen LogP) is 2.01. The lowest BCUT2D eigenvalue weighted by Gasteiger charge is -2.13. The van der Waals surface area contributed by atoms with Crippen LogP contribution in [0.3, 0.4) is 0 Å². The Morgan fingerprint density at radius 1 is 1.18 bits per heavy atom. The normalized spacial score (nSPS) is 12.2. The fourth-order valence-electron chi connectivity index (χ4n) is 2.15. The number of anilines is 1. The van der Waals surface area contributed by atoms with Crippen LogP contribution in [-0.4, -0.2) is 44.2 Å². The number of carbonyl (C=O) groups is 2. The molecule has 1 amide bonds. The van der Waals surface area contributed by atoms with E-state index in [1.165, 1.54) is 19.2 Å². The lowest BCUT2D eigenvalue weighted by Crippen LogP contribution is -2.30. The zero-order chi connectivity index (χ0) is 20.7. The van der Waals surface area contributed by atoms with Gasteiger partial charge in [0, 0.05) is 12.7 Å². The van der Waals surface area contributed by atoms with Gasteiger partial charge in [-0.25, -0.2) is 22.9 Å². The van der Waals surface area contributed by atoms with Crippen molar-refractivity contribution in [1.82, 2.24) is 9.71 Å². The second-order valence-electron chi connectivity index (χ2n) is 6.01. The molecule has 0 aliphatic heterocycles. The van der Waals surface area contributed by atoms with Crippen LogP contribution in [0.1, 0.15) is 22.8 Å². The molecule has 0 aliphatic rings. The van der Waals surface area contributed by atoms with E-state index in [9.17, 15) is 18.0 Å². The fourth-order valence-corrected chi connectivity index (χ4v) is 2.73. The molecule has 2 N–H and O–H groups in total. The molecule has 0 radical (unpaired) electrons. The first kappa shape index (κ1) is 21.8. The van der Waals surface area contributed by atoms with Gasteiger partial charge in [-0.1, -0.05) is 23.7 Å². The molecule has 1 aromatic heterocycles. The molecule has 0 aliphatic carbocycles. The minimum atomic E-state index is -3.24. The van der Waals surface area contributed by atoms with Crippen LogP contribution in [0, 0.1) is 0 Å². The molecule has 1 aromatic carbocycles. The number of halogens is 1. The molecule has 150 valence electrons. The number of benzene rings is 1. The first-order chi connectivity index (χ1) is 13.1. The van der Waals surface area contributed by atoms with Gasteiger partial charge in [0.25, 0.3) is 5.91 Å². The van der Waals surface area contributed by atoms with E-state index < -0.39 is 28.0 Å². The summed E-state index contributed by atoms with van der Waals surface area (Å²) in [5.41, 5.74) is 1.14. The van der Waals surface area contributed by atoms with Crippen LogP contribution in [0.4, 0.5) is 5.82 Å². The molecule has 1 heterocycles. The lowest BCUT2D eigenvalue weighted by molar-refractivity contribution is -0.123. The first-order valence-corrected chi connectivity index (χ1v) is 10.6. The van der Waals surface area contributed by atoms with Crippen LogP contribution in [0.5, 0.6) is 0 Å². The third-order valence-corrected chi connectivity index (χ3v) is 4.55. The Balaban J connectivity index is 1.87. The Morgan fingerprint density at radius 3 is 2.43 bits per heavy atom. The number of hydrogen-bond acceptors (Lipinski definition) is 6. The van der Waals surface area contributed by atoms with Gasteiger partial charge in [0.2, 0.25) is 10.0 Å². The summed E-state index contributed by atoms with van der Waals surface area (Å²) < 4.78 is 29.6. The maximum absolute atomic E-state index is 12.2. The molecular formula is C18H20ClN3O5S. The summed E-state index contributed by atoms with van der Waals surface area (Å²) >= 11 is 5.73. The van der Waals surface area contributed by atoms with Crippen molar-refractivity contribution >= 4 is 39.3 Å². The Morgan fingerprint density at radius 2 is 1.86 bits per heavy atom. The summed E-state index contributed by atoms with van der Waals surface area (Å²) in [5.74, 6) is -0.872. The number of aromatic nitrogens is 1. The van der Waals surface area contributed by atoms with Crippen LogP contribution in [0.25, 0.3) is 0 Å². The number of carbonyl (C=O) groups excluding carboxylic acids is 2. The highest BCUT2D eigenvalue weighted by molar-refractivity contribution is 7.88. The van der Waals surface area contributed by atoms with Crippen LogP contribution < -0.4 is 10.0 Å². The van der Waals surface area contributed by atoms with Crippen molar-refractivity contribution in [3.05, 3.63) is 58.7 Å². The third-order valence-electron chi connectivity index (χ3n) is 3.60. The minimum Gasteiger partial charge on any atom is -0.449 e. The molecule has 0 fully saturated rings. The van der Waals surface area contributed by atoms with Gasteiger partial charge < -0.3 is 10.1 Å². The van der Waals surface area contributed by atoms with Crippen LogP contribution in [0.15, 0.2) is 42.6 Å². The lowest BCUT2D eigenvalue weighted by atomic mass is 10.1.